The molecule has 0 aliphatic carbocycles. The summed E-state index contributed by atoms with van der Waals surface area (Å²) in [6.45, 7) is 1.00. The van der Waals surface area contributed by atoms with Crippen molar-refractivity contribution in [2.24, 2.45) is 0 Å². The summed E-state index contributed by atoms with van der Waals surface area (Å²) in [4.78, 5) is 26.6. The first kappa shape index (κ1) is 23.6. The fourth-order valence-electron chi connectivity index (χ4n) is 3.61. The smallest absolute Gasteiger partial charge is 0.265 e. The summed E-state index contributed by atoms with van der Waals surface area (Å²) < 4.78 is 24.3. The Hall–Kier alpha value is -3.58. The molecule has 0 unspecified atom stereocenters. The molecule has 0 bridgehead atoms. The lowest BCUT2D eigenvalue weighted by molar-refractivity contribution is -0.121. The van der Waals surface area contributed by atoms with Crippen LogP contribution in [0.3, 0.4) is 0 Å². The van der Waals surface area contributed by atoms with Gasteiger partial charge in [-0.25, -0.2) is 4.39 Å². The number of benzene rings is 3. The molecule has 0 atom stereocenters. The van der Waals surface area contributed by atoms with Crippen molar-refractivity contribution in [3.05, 3.63) is 83.1 Å². The number of amides is 2. The summed E-state index contributed by atoms with van der Waals surface area (Å²) in [7, 11) is 0. The standard InChI is InChI=1S/C26H24ClFN2O4/c27-19-5-10-22(11-6-19)33-14-2-1-13-30-23-16-21(9-12-24(23)34-17-26(30)32)29-25(31)15-18-3-7-20(28)8-4-18/h3-12,16H,1-2,13-15,17H2,(H,29,31). The van der Waals surface area contributed by atoms with E-state index >= 15 is 0 Å². The molecule has 3 aromatic rings. The van der Waals surface area contributed by atoms with Crippen molar-refractivity contribution >= 4 is 34.8 Å². The van der Waals surface area contributed by atoms with E-state index in [2.05, 4.69) is 5.32 Å². The number of nitrogens with zero attached hydrogens (tertiary/aromatic N) is 1. The molecular weight excluding hydrogens is 459 g/mol. The fourth-order valence-corrected chi connectivity index (χ4v) is 3.74. The molecule has 0 saturated carbocycles. The summed E-state index contributed by atoms with van der Waals surface area (Å²) >= 11 is 5.88. The Morgan fingerprint density at radius 2 is 1.82 bits per heavy atom. The lowest BCUT2D eigenvalue weighted by atomic mass is 10.1. The van der Waals surface area contributed by atoms with Crippen LogP contribution in [0.15, 0.2) is 66.7 Å². The SMILES string of the molecule is O=C(Cc1ccc(F)cc1)Nc1ccc2c(c1)N(CCCCOc1ccc(Cl)cc1)C(=O)CO2. The van der Waals surface area contributed by atoms with E-state index in [4.69, 9.17) is 21.1 Å². The Kier molecular flexibility index (Phi) is 7.65. The summed E-state index contributed by atoms with van der Waals surface area (Å²) in [6, 6.07) is 18.2. The van der Waals surface area contributed by atoms with E-state index in [-0.39, 0.29) is 30.7 Å². The fraction of sp³-hybridized carbons (Fsp3) is 0.231. The predicted molar refractivity (Wildman–Crippen MR) is 129 cm³/mol. The lowest BCUT2D eigenvalue weighted by Crippen LogP contribution is -2.39. The van der Waals surface area contributed by atoms with Gasteiger partial charge in [0.25, 0.3) is 5.91 Å². The highest BCUT2D eigenvalue weighted by atomic mass is 35.5. The second-order valence-corrected chi connectivity index (χ2v) is 8.31. The molecule has 1 heterocycles. The first-order valence-electron chi connectivity index (χ1n) is 11.0. The van der Waals surface area contributed by atoms with Crippen LogP contribution in [-0.2, 0) is 16.0 Å². The molecule has 1 N–H and O–H groups in total. The minimum absolute atomic E-state index is 0.0233. The van der Waals surface area contributed by atoms with Crippen LogP contribution in [0.25, 0.3) is 0 Å². The number of nitrogens with one attached hydrogen (secondary N) is 1. The number of unbranched alkanes of at least 4 members (excludes halogenated alkanes) is 1. The zero-order chi connectivity index (χ0) is 23.9. The lowest BCUT2D eigenvalue weighted by Gasteiger charge is -2.30. The van der Waals surface area contributed by atoms with Crippen LogP contribution in [0, 0.1) is 5.82 Å². The molecule has 34 heavy (non-hydrogen) atoms. The summed E-state index contributed by atoms with van der Waals surface area (Å²) in [6.07, 6.45) is 1.61. The molecule has 1 aliphatic rings. The zero-order valence-corrected chi connectivity index (χ0v) is 19.2. The van der Waals surface area contributed by atoms with Crippen molar-refractivity contribution in [2.45, 2.75) is 19.3 Å². The van der Waals surface area contributed by atoms with Gasteiger partial charge in [-0.15, -0.1) is 0 Å². The molecule has 0 radical (unpaired) electrons. The number of rotatable bonds is 9. The Morgan fingerprint density at radius 1 is 1.06 bits per heavy atom. The summed E-state index contributed by atoms with van der Waals surface area (Å²) in [5.41, 5.74) is 1.88. The highest BCUT2D eigenvalue weighted by Gasteiger charge is 2.25. The summed E-state index contributed by atoms with van der Waals surface area (Å²) in [5.74, 6) is 0.619. The second-order valence-electron chi connectivity index (χ2n) is 7.88. The molecule has 8 heteroatoms. The first-order chi connectivity index (χ1) is 16.5. The van der Waals surface area contributed by atoms with Crippen LogP contribution in [0.2, 0.25) is 5.02 Å². The van der Waals surface area contributed by atoms with Gasteiger partial charge in [-0.3, -0.25) is 9.59 Å². The van der Waals surface area contributed by atoms with Crippen LogP contribution in [-0.4, -0.2) is 31.6 Å². The number of carbonyl (C=O) groups excluding carboxylic acids is 2. The van der Waals surface area contributed by atoms with Gasteiger partial charge in [0.2, 0.25) is 5.91 Å². The molecule has 0 fully saturated rings. The number of anilines is 2. The molecule has 1 aliphatic heterocycles. The predicted octanol–water partition coefficient (Wildman–Crippen LogP) is 5.24. The van der Waals surface area contributed by atoms with E-state index in [9.17, 15) is 14.0 Å². The largest absolute Gasteiger partial charge is 0.494 e. The van der Waals surface area contributed by atoms with E-state index in [0.717, 1.165) is 18.6 Å². The van der Waals surface area contributed by atoms with Gasteiger partial charge in [0.05, 0.1) is 18.7 Å². The van der Waals surface area contributed by atoms with E-state index in [1.54, 1.807) is 47.4 Å². The number of fused-ring (bicyclic) bond motifs is 1. The Morgan fingerprint density at radius 3 is 2.59 bits per heavy atom. The monoisotopic (exact) mass is 482 g/mol. The maximum atomic E-state index is 13.1. The average molecular weight is 483 g/mol. The van der Waals surface area contributed by atoms with Gasteiger partial charge in [0.15, 0.2) is 6.61 Å². The molecule has 0 spiro atoms. The number of halogens is 2. The van der Waals surface area contributed by atoms with E-state index in [1.165, 1.54) is 12.1 Å². The zero-order valence-electron chi connectivity index (χ0n) is 18.4. The van der Waals surface area contributed by atoms with Crippen LogP contribution in [0.4, 0.5) is 15.8 Å². The van der Waals surface area contributed by atoms with Crippen LogP contribution in [0.5, 0.6) is 11.5 Å². The molecule has 4 rings (SSSR count). The van der Waals surface area contributed by atoms with Gasteiger partial charge < -0.3 is 19.7 Å². The average Bonchev–Trinajstić information content (AvgIpc) is 2.83. The van der Waals surface area contributed by atoms with E-state index < -0.39 is 0 Å². The van der Waals surface area contributed by atoms with Gasteiger partial charge >= 0.3 is 0 Å². The maximum absolute atomic E-state index is 13.1. The van der Waals surface area contributed by atoms with Gasteiger partial charge in [0, 0.05) is 17.3 Å². The molecule has 176 valence electrons. The second kappa shape index (κ2) is 11.0. The Balaban J connectivity index is 1.33. The Labute approximate surface area is 202 Å². The van der Waals surface area contributed by atoms with Crippen molar-refractivity contribution in [1.82, 2.24) is 0 Å². The quantitative estimate of drug-likeness (QED) is 0.423. The topological polar surface area (TPSA) is 67.9 Å². The maximum Gasteiger partial charge on any atom is 0.265 e. The first-order valence-corrected chi connectivity index (χ1v) is 11.4. The number of ether oxygens (including phenoxy) is 2. The van der Waals surface area contributed by atoms with Crippen molar-refractivity contribution in [3.63, 3.8) is 0 Å². The molecule has 3 aromatic carbocycles. The van der Waals surface area contributed by atoms with Crippen molar-refractivity contribution in [2.75, 3.05) is 30.0 Å². The van der Waals surface area contributed by atoms with Crippen LogP contribution < -0.4 is 19.7 Å². The molecule has 0 saturated heterocycles. The third-order valence-electron chi connectivity index (χ3n) is 5.32. The van der Waals surface area contributed by atoms with E-state index in [1.807, 2.05) is 12.1 Å². The van der Waals surface area contributed by atoms with E-state index in [0.29, 0.717) is 40.9 Å². The third-order valence-corrected chi connectivity index (χ3v) is 5.57. The van der Waals surface area contributed by atoms with Gasteiger partial charge in [0.1, 0.15) is 17.3 Å². The normalized spacial score (nSPS) is 12.6. The van der Waals surface area contributed by atoms with Crippen LogP contribution >= 0.6 is 11.6 Å². The minimum Gasteiger partial charge on any atom is -0.494 e. The molecule has 0 aromatic heterocycles. The van der Waals surface area contributed by atoms with Crippen molar-refractivity contribution < 1.29 is 23.5 Å². The Bertz CT molecular complexity index is 1150. The molecular formula is C26H24ClFN2O4. The van der Waals surface area contributed by atoms with Crippen molar-refractivity contribution in [1.29, 1.82) is 0 Å². The minimum atomic E-state index is -0.347. The van der Waals surface area contributed by atoms with Crippen LogP contribution in [0.1, 0.15) is 18.4 Å². The highest BCUT2D eigenvalue weighted by Crippen LogP contribution is 2.35. The molecule has 2 amide bonds. The number of hydrogen-bond donors (Lipinski definition) is 1. The third kappa shape index (κ3) is 6.26. The number of carbonyl (C=O) groups is 2. The van der Waals surface area contributed by atoms with Gasteiger partial charge in [-0.1, -0.05) is 23.7 Å². The number of hydrogen-bond acceptors (Lipinski definition) is 4. The van der Waals surface area contributed by atoms with Crippen molar-refractivity contribution in [3.8, 4) is 11.5 Å². The van der Waals surface area contributed by atoms with Gasteiger partial charge in [-0.05, 0) is 73.0 Å². The van der Waals surface area contributed by atoms with Gasteiger partial charge in [-0.2, -0.15) is 0 Å². The molecule has 6 nitrogen and oxygen atoms in total. The highest BCUT2D eigenvalue weighted by molar-refractivity contribution is 6.30. The summed E-state index contributed by atoms with van der Waals surface area (Å²) in [5, 5.41) is 3.49.